The minimum atomic E-state index is 0.539. The topological polar surface area (TPSA) is 0 Å². The summed E-state index contributed by atoms with van der Waals surface area (Å²) in [6.45, 7) is 11.0. The summed E-state index contributed by atoms with van der Waals surface area (Å²) in [5.74, 6) is 1.67. The fourth-order valence-corrected chi connectivity index (χ4v) is 2.03. The lowest BCUT2D eigenvalue weighted by atomic mass is 9.66. The summed E-state index contributed by atoms with van der Waals surface area (Å²) in [5, 5.41) is 0. The molecule has 0 amide bonds. The van der Waals surface area contributed by atoms with Crippen molar-refractivity contribution in [3.63, 3.8) is 0 Å². The molecular formula is C11H20. The second-order valence-corrected chi connectivity index (χ2v) is 4.67. The summed E-state index contributed by atoms with van der Waals surface area (Å²) >= 11 is 0. The molecule has 64 valence electrons. The van der Waals surface area contributed by atoms with Crippen LogP contribution >= 0.6 is 0 Å². The van der Waals surface area contributed by atoms with Gasteiger partial charge in [-0.25, -0.2) is 0 Å². The molecule has 0 saturated heterocycles. The Hall–Kier alpha value is -0.260. The third kappa shape index (κ3) is 1.85. The molecule has 1 saturated carbocycles. The lowest BCUT2D eigenvalue weighted by Crippen LogP contribution is -2.29. The van der Waals surface area contributed by atoms with Gasteiger partial charge in [0.15, 0.2) is 0 Å². The van der Waals surface area contributed by atoms with Crippen molar-refractivity contribution in [2.24, 2.45) is 17.3 Å². The average Bonchev–Trinajstić information content (AvgIpc) is 1.95. The summed E-state index contributed by atoms with van der Waals surface area (Å²) in [4.78, 5) is 0. The van der Waals surface area contributed by atoms with Crippen molar-refractivity contribution >= 4 is 0 Å². The highest BCUT2D eigenvalue weighted by atomic mass is 14.4. The summed E-state index contributed by atoms with van der Waals surface area (Å²) in [6, 6.07) is 0. The third-order valence-electron chi connectivity index (χ3n) is 3.43. The highest BCUT2D eigenvalue weighted by molar-refractivity contribution is 4.91. The maximum atomic E-state index is 3.87. The van der Waals surface area contributed by atoms with Gasteiger partial charge in [-0.3, -0.25) is 0 Å². The van der Waals surface area contributed by atoms with Crippen LogP contribution in [0.4, 0.5) is 0 Å². The smallest absolute Gasteiger partial charge is 0.0231 e. The molecule has 1 aliphatic rings. The predicted octanol–water partition coefficient (Wildman–Crippen LogP) is 3.63. The molecule has 1 aliphatic carbocycles. The summed E-state index contributed by atoms with van der Waals surface area (Å²) in [6.07, 6.45) is 6.20. The molecule has 0 heteroatoms. The Bertz CT molecular complexity index is 144. The highest BCUT2D eigenvalue weighted by Crippen LogP contribution is 2.43. The van der Waals surface area contributed by atoms with Crippen LogP contribution in [0.1, 0.15) is 40.0 Å². The normalized spacial score (nSPS) is 36.6. The molecule has 0 aromatic rings. The molecule has 0 spiro atoms. The van der Waals surface area contributed by atoms with Gasteiger partial charge in [0, 0.05) is 0 Å². The highest BCUT2D eigenvalue weighted by Gasteiger charge is 2.32. The second kappa shape index (κ2) is 3.00. The van der Waals surface area contributed by atoms with Crippen LogP contribution in [-0.2, 0) is 0 Å². The molecule has 0 aromatic carbocycles. The van der Waals surface area contributed by atoms with E-state index in [0.29, 0.717) is 5.41 Å². The molecule has 0 bridgehead atoms. The van der Waals surface area contributed by atoms with E-state index in [2.05, 4.69) is 33.4 Å². The Balaban J connectivity index is 2.58. The van der Waals surface area contributed by atoms with Crippen molar-refractivity contribution in [3.05, 3.63) is 12.7 Å². The van der Waals surface area contributed by atoms with Crippen LogP contribution in [-0.4, -0.2) is 0 Å². The van der Waals surface area contributed by atoms with Crippen molar-refractivity contribution in [2.45, 2.75) is 40.0 Å². The molecule has 0 aromatic heterocycles. The van der Waals surface area contributed by atoms with Crippen molar-refractivity contribution in [3.8, 4) is 0 Å². The van der Waals surface area contributed by atoms with Gasteiger partial charge in [-0.05, 0) is 36.5 Å². The first-order valence-corrected chi connectivity index (χ1v) is 4.69. The Morgan fingerprint density at radius 3 is 2.45 bits per heavy atom. The number of rotatable bonds is 1. The van der Waals surface area contributed by atoms with E-state index in [-0.39, 0.29) is 0 Å². The number of hydrogen-bond acceptors (Lipinski definition) is 0. The molecule has 0 N–H and O–H groups in total. The van der Waals surface area contributed by atoms with Gasteiger partial charge in [0.1, 0.15) is 0 Å². The molecule has 0 heterocycles. The molecule has 0 nitrogen and oxygen atoms in total. The molecule has 0 radical (unpaired) electrons. The monoisotopic (exact) mass is 152 g/mol. The summed E-state index contributed by atoms with van der Waals surface area (Å²) < 4.78 is 0. The lowest BCUT2D eigenvalue weighted by molar-refractivity contribution is 0.126. The van der Waals surface area contributed by atoms with E-state index in [1.54, 1.807) is 0 Å². The fraction of sp³-hybridized carbons (Fsp3) is 0.818. The zero-order valence-electron chi connectivity index (χ0n) is 8.06. The Morgan fingerprint density at radius 2 is 2.00 bits per heavy atom. The molecular weight excluding hydrogens is 132 g/mol. The second-order valence-electron chi connectivity index (χ2n) is 4.67. The molecule has 1 fully saturated rings. The van der Waals surface area contributed by atoms with Crippen molar-refractivity contribution < 1.29 is 0 Å². The SMILES string of the molecule is C=C[C@@H]1CC[C@H](C)C(C)(C)C1. The van der Waals surface area contributed by atoms with Crippen LogP contribution in [0.2, 0.25) is 0 Å². The van der Waals surface area contributed by atoms with Gasteiger partial charge >= 0.3 is 0 Å². The first kappa shape index (κ1) is 8.83. The van der Waals surface area contributed by atoms with Crippen LogP contribution in [0, 0.1) is 17.3 Å². The van der Waals surface area contributed by atoms with Gasteiger partial charge in [0.2, 0.25) is 0 Å². The standard InChI is InChI=1S/C11H20/c1-5-10-7-6-9(2)11(3,4)8-10/h5,9-10H,1,6-8H2,2-4H3/t9-,10+/m0/s1. The van der Waals surface area contributed by atoms with E-state index in [4.69, 9.17) is 0 Å². The van der Waals surface area contributed by atoms with Gasteiger partial charge in [-0.1, -0.05) is 26.8 Å². The molecule has 0 aliphatic heterocycles. The minimum absolute atomic E-state index is 0.539. The Labute approximate surface area is 70.7 Å². The van der Waals surface area contributed by atoms with Crippen molar-refractivity contribution in [1.82, 2.24) is 0 Å². The average molecular weight is 152 g/mol. The Kier molecular flexibility index (Phi) is 2.41. The Morgan fingerprint density at radius 1 is 1.36 bits per heavy atom. The fourth-order valence-electron chi connectivity index (χ4n) is 2.03. The zero-order chi connectivity index (χ0) is 8.48. The van der Waals surface area contributed by atoms with Crippen LogP contribution < -0.4 is 0 Å². The largest absolute Gasteiger partial charge is 0.103 e. The van der Waals surface area contributed by atoms with Gasteiger partial charge in [-0.2, -0.15) is 0 Å². The molecule has 2 atom stereocenters. The van der Waals surface area contributed by atoms with Gasteiger partial charge < -0.3 is 0 Å². The first-order valence-electron chi connectivity index (χ1n) is 4.69. The molecule has 0 unspecified atom stereocenters. The summed E-state index contributed by atoms with van der Waals surface area (Å²) in [7, 11) is 0. The first-order chi connectivity index (χ1) is 5.06. The van der Waals surface area contributed by atoms with Gasteiger partial charge in [0.05, 0.1) is 0 Å². The van der Waals surface area contributed by atoms with Crippen molar-refractivity contribution in [2.75, 3.05) is 0 Å². The van der Waals surface area contributed by atoms with E-state index < -0.39 is 0 Å². The molecule has 1 rings (SSSR count). The number of hydrogen-bond donors (Lipinski definition) is 0. The van der Waals surface area contributed by atoms with E-state index in [9.17, 15) is 0 Å². The van der Waals surface area contributed by atoms with E-state index >= 15 is 0 Å². The van der Waals surface area contributed by atoms with Gasteiger partial charge in [-0.15, -0.1) is 6.58 Å². The maximum absolute atomic E-state index is 3.87. The van der Waals surface area contributed by atoms with Crippen molar-refractivity contribution in [1.29, 1.82) is 0 Å². The minimum Gasteiger partial charge on any atom is -0.103 e. The van der Waals surface area contributed by atoms with Crippen LogP contribution in [0.5, 0.6) is 0 Å². The van der Waals surface area contributed by atoms with Crippen LogP contribution in [0.3, 0.4) is 0 Å². The van der Waals surface area contributed by atoms with Crippen LogP contribution in [0.15, 0.2) is 12.7 Å². The van der Waals surface area contributed by atoms with E-state index in [1.165, 1.54) is 19.3 Å². The quantitative estimate of drug-likeness (QED) is 0.503. The molecule has 11 heavy (non-hydrogen) atoms. The van der Waals surface area contributed by atoms with E-state index in [0.717, 1.165) is 11.8 Å². The van der Waals surface area contributed by atoms with Crippen LogP contribution in [0.25, 0.3) is 0 Å². The predicted molar refractivity (Wildman–Crippen MR) is 50.5 cm³/mol. The zero-order valence-corrected chi connectivity index (χ0v) is 8.06. The van der Waals surface area contributed by atoms with Gasteiger partial charge in [0.25, 0.3) is 0 Å². The maximum Gasteiger partial charge on any atom is -0.0231 e. The number of allylic oxidation sites excluding steroid dienone is 1. The van der Waals surface area contributed by atoms with E-state index in [1.807, 2.05) is 0 Å². The lowest BCUT2D eigenvalue weighted by Gasteiger charge is -2.39. The third-order valence-corrected chi connectivity index (χ3v) is 3.43. The summed E-state index contributed by atoms with van der Waals surface area (Å²) in [5.41, 5.74) is 0.539.